The number of carboxylic acids is 1. The van der Waals surface area contributed by atoms with E-state index >= 15 is 0 Å². The molecule has 0 bridgehead atoms. The molecule has 0 saturated heterocycles. The van der Waals surface area contributed by atoms with E-state index in [1.54, 1.807) is 24.3 Å². The molecule has 1 aliphatic rings. The molecule has 1 amide bonds. The molecule has 0 fully saturated rings. The summed E-state index contributed by atoms with van der Waals surface area (Å²) in [6.07, 6.45) is -0.587. The maximum atomic E-state index is 12.4. The van der Waals surface area contributed by atoms with Gasteiger partial charge in [-0.3, -0.25) is 5.32 Å². The van der Waals surface area contributed by atoms with Crippen molar-refractivity contribution >= 4 is 28.8 Å². The molecule has 152 valence electrons. The van der Waals surface area contributed by atoms with Gasteiger partial charge in [0.2, 0.25) is 0 Å². The minimum absolute atomic E-state index is 0.0165. The van der Waals surface area contributed by atoms with Crippen molar-refractivity contribution in [2.75, 3.05) is 11.9 Å². The Balaban J connectivity index is 1.30. The lowest BCUT2D eigenvalue weighted by Gasteiger charge is -2.14. The van der Waals surface area contributed by atoms with Gasteiger partial charge >= 0.3 is 12.1 Å². The van der Waals surface area contributed by atoms with Crippen molar-refractivity contribution in [1.29, 1.82) is 0 Å². The third-order valence-corrected chi connectivity index (χ3v) is 5.51. The normalized spacial score (nSPS) is 12.3. The number of carbonyl (C=O) groups excluding carboxylic acids is 1. The number of pyridine rings is 1. The number of aromatic carboxylic acids is 1. The lowest BCUT2D eigenvalue weighted by atomic mass is 9.98. The number of fused-ring (bicyclic) bond motifs is 4. The number of nitrogens with one attached hydrogen (secondary N) is 1. The molecule has 0 radical (unpaired) electrons. The van der Waals surface area contributed by atoms with Gasteiger partial charge in [0.25, 0.3) is 0 Å². The molecule has 1 heterocycles. The van der Waals surface area contributed by atoms with Crippen molar-refractivity contribution in [3.63, 3.8) is 0 Å². The minimum Gasteiger partial charge on any atom is -0.478 e. The average Bonchev–Trinajstić information content (AvgIpc) is 3.11. The standard InChI is InChI=1S/C25H18N2O4/c28-24(29)16-9-11-22-15(13-16)10-12-23(26-22)27-25(30)31-14-21-19-7-3-1-5-17(19)18-6-2-4-8-20(18)21/h1-13,21H,14H2,(H,28,29)(H,26,27,30). The van der Waals surface area contributed by atoms with E-state index in [9.17, 15) is 9.59 Å². The van der Waals surface area contributed by atoms with Crippen LogP contribution in [0.2, 0.25) is 0 Å². The average molecular weight is 410 g/mol. The van der Waals surface area contributed by atoms with E-state index in [2.05, 4.69) is 34.6 Å². The first kappa shape index (κ1) is 18.8. The number of rotatable bonds is 4. The quantitative estimate of drug-likeness (QED) is 0.477. The second-order valence-corrected chi connectivity index (χ2v) is 7.36. The Bertz CT molecular complexity index is 1290. The molecule has 4 aromatic rings. The summed E-state index contributed by atoms with van der Waals surface area (Å²) in [5.74, 6) is -0.673. The van der Waals surface area contributed by atoms with Crippen molar-refractivity contribution in [2.24, 2.45) is 0 Å². The van der Waals surface area contributed by atoms with Gasteiger partial charge in [0.15, 0.2) is 0 Å². The van der Waals surface area contributed by atoms with E-state index in [4.69, 9.17) is 9.84 Å². The molecule has 0 aliphatic heterocycles. The number of carboxylic acid groups (broad SMARTS) is 1. The van der Waals surface area contributed by atoms with Crippen molar-refractivity contribution in [2.45, 2.75) is 5.92 Å². The summed E-state index contributed by atoms with van der Waals surface area (Å²) in [6, 6.07) is 24.3. The molecular formula is C25H18N2O4. The Labute approximate surface area is 178 Å². The molecule has 3 aromatic carbocycles. The van der Waals surface area contributed by atoms with E-state index in [-0.39, 0.29) is 18.1 Å². The number of aromatic nitrogens is 1. The van der Waals surface area contributed by atoms with Crippen LogP contribution in [-0.4, -0.2) is 28.8 Å². The fourth-order valence-electron chi connectivity index (χ4n) is 4.07. The van der Waals surface area contributed by atoms with Crippen LogP contribution >= 0.6 is 0 Å². The summed E-state index contributed by atoms with van der Waals surface area (Å²) in [5.41, 5.74) is 5.41. The number of hydrogen-bond donors (Lipinski definition) is 2. The van der Waals surface area contributed by atoms with E-state index in [1.165, 1.54) is 17.2 Å². The van der Waals surface area contributed by atoms with Gasteiger partial charge in [-0.15, -0.1) is 0 Å². The Morgan fingerprint density at radius 2 is 1.58 bits per heavy atom. The smallest absolute Gasteiger partial charge is 0.412 e. The van der Waals surface area contributed by atoms with Crippen molar-refractivity contribution in [3.05, 3.63) is 95.6 Å². The Morgan fingerprint density at radius 1 is 0.903 bits per heavy atom. The van der Waals surface area contributed by atoms with Gasteiger partial charge in [-0.05, 0) is 52.6 Å². The lowest BCUT2D eigenvalue weighted by molar-refractivity contribution is 0.0697. The van der Waals surface area contributed by atoms with Crippen molar-refractivity contribution < 1.29 is 19.4 Å². The van der Waals surface area contributed by atoms with E-state index in [1.807, 2.05) is 24.3 Å². The summed E-state index contributed by atoms with van der Waals surface area (Å²) < 4.78 is 5.54. The highest BCUT2D eigenvalue weighted by Gasteiger charge is 2.29. The Hall–Kier alpha value is -4.19. The fourth-order valence-corrected chi connectivity index (χ4v) is 4.07. The SMILES string of the molecule is O=C(Nc1ccc2cc(C(=O)O)ccc2n1)OCC1c2ccccc2-c2ccccc21. The van der Waals surface area contributed by atoms with E-state index in [0.717, 1.165) is 11.1 Å². The highest BCUT2D eigenvalue weighted by atomic mass is 16.5. The maximum absolute atomic E-state index is 12.4. The molecule has 0 atom stereocenters. The number of ether oxygens (including phenoxy) is 1. The van der Waals surface area contributed by atoms with Crippen LogP contribution in [0.5, 0.6) is 0 Å². The van der Waals surface area contributed by atoms with Gasteiger partial charge < -0.3 is 9.84 Å². The van der Waals surface area contributed by atoms with Crippen LogP contribution < -0.4 is 5.32 Å². The predicted molar refractivity (Wildman–Crippen MR) is 117 cm³/mol. The van der Waals surface area contributed by atoms with Gasteiger partial charge in [0, 0.05) is 11.3 Å². The molecule has 1 aliphatic carbocycles. The minimum atomic E-state index is -0.997. The van der Waals surface area contributed by atoms with Crippen LogP contribution in [0.3, 0.4) is 0 Å². The molecule has 5 rings (SSSR count). The van der Waals surface area contributed by atoms with Crippen LogP contribution in [0.1, 0.15) is 27.4 Å². The van der Waals surface area contributed by atoms with Crippen LogP contribution in [0.4, 0.5) is 10.6 Å². The number of anilines is 1. The monoisotopic (exact) mass is 410 g/mol. The fraction of sp³-hybridized carbons (Fsp3) is 0.0800. The van der Waals surface area contributed by atoms with E-state index < -0.39 is 12.1 Å². The summed E-state index contributed by atoms with van der Waals surface area (Å²) >= 11 is 0. The zero-order valence-corrected chi connectivity index (χ0v) is 16.4. The van der Waals surface area contributed by atoms with Crippen LogP contribution in [0, 0.1) is 0 Å². The first-order valence-corrected chi connectivity index (χ1v) is 9.86. The van der Waals surface area contributed by atoms with Gasteiger partial charge in [-0.2, -0.15) is 0 Å². The molecule has 0 unspecified atom stereocenters. The summed E-state index contributed by atoms with van der Waals surface area (Å²) in [4.78, 5) is 27.9. The highest BCUT2D eigenvalue weighted by Crippen LogP contribution is 2.44. The third-order valence-electron chi connectivity index (χ3n) is 5.51. The van der Waals surface area contributed by atoms with Gasteiger partial charge in [0.05, 0.1) is 11.1 Å². The van der Waals surface area contributed by atoms with Gasteiger partial charge in [-0.1, -0.05) is 48.5 Å². The molecule has 0 saturated carbocycles. The molecule has 31 heavy (non-hydrogen) atoms. The van der Waals surface area contributed by atoms with Crippen LogP contribution in [0.25, 0.3) is 22.0 Å². The number of nitrogens with zero attached hydrogens (tertiary/aromatic N) is 1. The number of amides is 1. The second-order valence-electron chi connectivity index (χ2n) is 7.36. The molecule has 6 nitrogen and oxygen atoms in total. The molecular weight excluding hydrogens is 392 g/mol. The Morgan fingerprint density at radius 3 is 2.26 bits per heavy atom. The lowest BCUT2D eigenvalue weighted by Crippen LogP contribution is -2.18. The largest absolute Gasteiger partial charge is 0.478 e. The summed E-state index contributed by atoms with van der Waals surface area (Å²) in [6.45, 7) is 0.218. The first-order valence-electron chi connectivity index (χ1n) is 9.86. The van der Waals surface area contributed by atoms with Crippen LogP contribution in [-0.2, 0) is 4.74 Å². The predicted octanol–water partition coefficient (Wildman–Crippen LogP) is 5.29. The van der Waals surface area contributed by atoms with Crippen molar-refractivity contribution in [1.82, 2.24) is 4.98 Å². The number of carbonyl (C=O) groups is 2. The molecule has 2 N–H and O–H groups in total. The second kappa shape index (κ2) is 7.57. The van der Waals surface area contributed by atoms with Crippen molar-refractivity contribution in [3.8, 4) is 11.1 Å². The zero-order chi connectivity index (χ0) is 21.4. The number of benzene rings is 3. The van der Waals surface area contributed by atoms with Gasteiger partial charge in [0.1, 0.15) is 12.4 Å². The van der Waals surface area contributed by atoms with E-state index in [0.29, 0.717) is 16.7 Å². The van der Waals surface area contributed by atoms with Crippen LogP contribution in [0.15, 0.2) is 78.9 Å². The third kappa shape index (κ3) is 3.48. The maximum Gasteiger partial charge on any atom is 0.412 e. The number of hydrogen-bond acceptors (Lipinski definition) is 4. The Kier molecular flexibility index (Phi) is 4.59. The first-order chi connectivity index (χ1) is 15.1. The summed E-state index contributed by atoms with van der Waals surface area (Å²) in [5, 5.41) is 12.4. The van der Waals surface area contributed by atoms with Gasteiger partial charge in [-0.25, -0.2) is 14.6 Å². The highest BCUT2D eigenvalue weighted by molar-refractivity contribution is 5.94. The topological polar surface area (TPSA) is 88.5 Å². The molecule has 1 aromatic heterocycles. The zero-order valence-electron chi connectivity index (χ0n) is 16.4. The molecule has 0 spiro atoms. The molecule has 6 heteroatoms. The summed E-state index contributed by atoms with van der Waals surface area (Å²) in [7, 11) is 0.